The van der Waals surface area contributed by atoms with Crippen molar-refractivity contribution in [2.75, 3.05) is 6.61 Å². The minimum absolute atomic E-state index is 0.0430. The van der Waals surface area contributed by atoms with Gasteiger partial charge in [0.15, 0.2) is 5.78 Å². The lowest BCUT2D eigenvalue weighted by molar-refractivity contribution is -0.149. The lowest BCUT2D eigenvalue weighted by atomic mass is 9.92. The molecule has 0 fully saturated rings. The summed E-state index contributed by atoms with van der Waals surface area (Å²) in [4.78, 5) is 65.0. The van der Waals surface area contributed by atoms with E-state index in [4.69, 9.17) is 9.47 Å². The smallest absolute Gasteiger partial charge is 0.408 e. The molecule has 1 aliphatic rings. The first kappa shape index (κ1) is 33.8. The molecule has 2 aromatic carbocycles. The second-order valence-corrected chi connectivity index (χ2v) is 11.5. The van der Waals surface area contributed by atoms with E-state index in [1.807, 2.05) is 30.3 Å². The van der Waals surface area contributed by atoms with Gasteiger partial charge < -0.3 is 30.5 Å². The molecule has 0 spiro atoms. The lowest BCUT2D eigenvalue weighted by Gasteiger charge is -2.26. The minimum atomic E-state index is -1.09. The number of ketones is 1. The number of hydrogen-bond donors (Lipinski definition) is 4. The predicted molar refractivity (Wildman–Crippen MR) is 162 cm³/mol. The summed E-state index contributed by atoms with van der Waals surface area (Å²) in [6.07, 6.45) is 1.89. The first-order chi connectivity index (χ1) is 20.9. The highest BCUT2D eigenvalue weighted by atomic mass is 16.5. The molecule has 0 unspecified atom stereocenters. The molecule has 0 aliphatic carbocycles. The third kappa shape index (κ3) is 10.6. The van der Waals surface area contributed by atoms with Crippen LogP contribution in [0, 0.1) is 17.8 Å². The van der Waals surface area contributed by atoms with Crippen molar-refractivity contribution < 1.29 is 38.6 Å². The summed E-state index contributed by atoms with van der Waals surface area (Å²) in [6, 6.07) is 12.4. The molecule has 4 N–H and O–H groups in total. The van der Waals surface area contributed by atoms with E-state index in [9.17, 15) is 29.1 Å². The van der Waals surface area contributed by atoms with Gasteiger partial charge in [-0.15, -0.1) is 0 Å². The molecule has 44 heavy (non-hydrogen) atoms. The SMILES string of the molecule is CC(C)[C@H](NC(=O)OCc1ccccc1)C(=O)C[C@@H]1/C=C/C(=O)N[C@@H](C(C)C)C(=O)N[C@@H](Cc2ccc(O)cc2)C(=O)OC1. The average Bonchev–Trinajstić information content (AvgIpc) is 2.99. The van der Waals surface area contributed by atoms with Crippen LogP contribution < -0.4 is 16.0 Å². The van der Waals surface area contributed by atoms with Crippen LogP contribution in [0.5, 0.6) is 5.75 Å². The molecule has 0 saturated heterocycles. The number of phenolic OH excluding ortho intramolecular Hbond substituents is 1. The number of hydrogen-bond acceptors (Lipinski definition) is 8. The van der Waals surface area contributed by atoms with Crippen LogP contribution in [0.15, 0.2) is 66.7 Å². The highest BCUT2D eigenvalue weighted by Crippen LogP contribution is 2.17. The van der Waals surface area contributed by atoms with Gasteiger partial charge in [0.1, 0.15) is 24.4 Å². The van der Waals surface area contributed by atoms with E-state index < -0.39 is 47.9 Å². The largest absolute Gasteiger partial charge is 0.508 e. The van der Waals surface area contributed by atoms with E-state index in [1.54, 1.807) is 39.8 Å². The zero-order valence-corrected chi connectivity index (χ0v) is 25.4. The van der Waals surface area contributed by atoms with Gasteiger partial charge in [-0.2, -0.15) is 0 Å². The Morgan fingerprint density at radius 2 is 1.66 bits per heavy atom. The van der Waals surface area contributed by atoms with E-state index in [0.29, 0.717) is 5.56 Å². The fourth-order valence-corrected chi connectivity index (χ4v) is 4.65. The van der Waals surface area contributed by atoms with Gasteiger partial charge in [-0.1, -0.05) is 76.2 Å². The first-order valence-electron chi connectivity index (χ1n) is 14.7. The van der Waals surface area contributed by atoms with Gasteiger partial charge >= 0.3 is 12.1 Å². The van der Waals surface area contributed by atoms with Gasteiger partial charge in [0.05, 0.1) is 12.6 Å². The summed E-state index contributed by atoms with van der Waals surface area (Å²) < 4.78 is 10.9. The third-order valence-corrected chi connectivity index (χ3v) is 7.15. The molecule has 11 heteroatoms. The Hall–Kier alpha value is -4.67. The third-order valence-electron chi connectivity index (χ3n) is 7.15. The number of phenols is 1. The Bertz CT molecular complexity index is 1320. The lowest BCUT2D eigenvalue weighted by Crippen LogP contribution is -2.54. The number of benzene rings is 2. The summed E-state index contributed by atoms with van der Waals surface area (Å²) in [7, 11) is 0. The van der Waals surface area contributed by atoms with Crippen molar-refractivity contribution in [3.8, 4) is 5.75 Å². The van der Waals surface area contributed by atoms with Crippen LogP contribution in [-0.4, -0.2) is 59.5 Å². The van der Waals surface area contributed by atoms with Gasteiger partial charge in [0.2, 0.25) is 11.8 Å². The van der Waals surface area contributed by atoms with Crippen LogP contribution in [-0.2, 0) is 41.7 Å². The van der Waals surface area contributed by atoms with E-state index in [2.05, 4.69) is 16.0 Å². The highest BCUT2D eigenvalue weighted by molar-refractivity contribution is 5.95. The van der Waals surface area contributed by atoms with Gasteiger partial charge in [0.25, 0.3) is 0 Å². The molecule has 0 saturated carbocycles. The van der Waals surface area contributed by atoms with Crippen molar-refractivity contribution in [2.45, 2.75) is 65.3 Å². The summed E-state index contributed by atoms with van der Waals surface area (Å²) in [5, 5.41) is 17.6. The number of amides is 3. The summed E-state index contributed by atoms with van der Waals surface area (Å²) in [5.74, 6) is -3.33. The maximum absolute atomic E-state index is 13.4. The van der Waals surface area contributed by atoms with Gasteiger partial charge in [-0.3, -0.25) is 14.4 Å². The van der Waals surface area contributed by atoms with Crippen LogP contribution in [0.25, 0.3) is 0 Å². The minimum Gasteiger partial charge on any atom is -0.508 e. The van der Waals surface area contributed by atoms with Crippen molar-refractivity contribution in [3.05, 3.63) is 77.9 Å². The molecule has 3 rings (SSSR count). The van der Waals surface area contributed by atoms with Crippen LogP contribution in [0.4, 0.5) is 4.79 Å². The summed E-state index contributed by atoms with van der Waals surface area (Å²) in [5.41, 5.74) is 1.46. The van der Waals surface area contributed by atoms with Crippen LogP contribution in [0.3, 0.4) is 0 Å². The topological polar surface area (TPSA) is 160 Å². The molecule has 2 aromatic rings. The number of nitrogens with one attached hydrogen (secondary N) is 3. The molecule has 1 heterocycles. The number of carbonyl (C=O) groups excluding carboxylic acids is 5. The number of cyclic esters (lactones) is 1. The van der Waals surface area contributed by atoms with Crippen molar-refractivity contribution in [1.29, 1.82) is 0 Å². The van der Waals surface area contributed by atoms with Crippen LogP contribution in [0.2, 0.25) is 0 Å². The maximum Gasteiger partial charge on any atom is 0.408 e. The summed E-state index contributed by atoms with van der Waals surface area (Å²) >= 11 is 0. The Morgan fingerprint density at radius 1 is 0.977 bits per heavy atom. The number of ether oxygens (including phenoxy) is 2. The molecule has 236 valence electrons. The maximum atomic E-state index is 13.4. The van der Waals surface area contributed by atoms with Crippen molar-refractivity contribution in [1.82, 2.24) is 16.0 Å². The number of rotatable bonds is 10. The molecule has 1 aliphatic heterocycles. The van der Waals surface area contributed by atoms with Crippen molar-refractivity contribution >= 4 is 29.7 Å². The fraction of sp³-hybridized carbons (Fsp3) is 0.424. The van der Waals surface area contributed by atoms with Crippen molar-refractivity contribution in [3.63, 3.8) is 0 Å². The number of alkyl carbamates (subject to hydrolysis) is 1. The fourth-order valence-electron chi connectivity index (χ4n) is 4.65. The van der Waals surface area contributed by atoms with E-state index >= 15 is 0 Å². The van der Waals surface area contributed by atoms with Crippen molar-refractivity contribution in [2.24, 2.45) is 17.8 Å². The highest BCUT2D eigenvalue weighted by Gasteiger charge is 2.32. The zero-order valence-electron chi connectivity index (χ0n) is 25.4. The van der Waals surface area contributed by atoms with Gasteiger partial charge in [0, 0.05) is 18.8 Å². The molecular weight excluding hydrogens is 566 g/mol. The molecule has 3 amide bonds. The van der Waals surface area contributed by atoms with Crippen LogP contribution in [0.1, 0.15) is 45.2 Å². The van der Waals surface area contributed by atoms with Gasteiger partial charge in [-0.25, -0.2) is 9.59 Å². The van der Waals surface area contributed by atoms with E-state index in [1.165, 1.54) is 24.3 Å². The van der Waals surface area contributed by atoms with E-state index in [-0.39, 0.29) is 49.4 Å². The number of carbonyl (C=O) groups is 5. The molecular formula is C33H41N3O8. The number of aromatic hydroxyl groups is 1. The standard InChI is InChI=1S/C33H41N3O8/c1-20(2)29(36-33(42)44-18-23-8-6-5-7-9-23)27(38)17-24-12-15-28(39)35-30(21(3)4)31(40)34-26(32(41)43-19-24)16-22-10-13-25(37)14-11-22/h5-15,20-21,24,26,29-30,37H,16-19H2,1-4H3,(H,34,40)(H,35,39)(H,36,42)/b15-12+/t24-,26-,29-,30-/m0/s1. The molecule has 0 bridgehead atoms. The number of esters is 1. The Labute approximate surface area is 257 Å². The number of Topliss-reactive ketones (excluding diaryl/α,β-unsaturated/α-hetero) is 1. The van der Waals surface area contributed by atoms with Gasteiger partial charge in [-0.05, 0) is 41.2 Å². The average molecular weight is 608 g/mol. The quantitative estimate of drug-likeness (QED) is 0.300. The zero-order chi connectivity index (χ0) is 32.2. The first-order valence-corrected chi connectivity index (χ1v) is 14.7. The van der Waals surface area contributed by atoms with Crippen LogP contribution >= 0.6 is 0 Å². The monoisotopic (exact) mass is 607 g/mol. The van der Waals surface area contributed by atoms with E-state index in [0.717, 1.165) is 5.56 Å². The molecule has 0 aromatic heterocycles. The molecule has 4 atom stereocenters. The Morgan fingerprint density at radius 3 is 2.30 bits per heavy atom. The normalized spacial score (nSPS) is 20.8. The molecule has 0 radical (unpaired) electrons. The molecule has 11 nitrogen and oxygen atoms in total. The Kier molecular flexibility index (Phi) is 12.5. The second-order valence-electron chi connectivity index (χ2n) is 11.5. The predicted octanol–water partition coefficient (Wildman–Crippen LogP) is 3.20. The Balaban J connectivity index is 1.75. The second kappa shape index (κ2) is 16.3. The summed E-state index contributed by atoms with van der Waals surface area (Å²) in [6.45, 7) is 6.89.